The molecule has 0 bridgehead atoms. The average molecular weight is 469 g/mol. The Morgan fingerprint density at radius 3 is 2.34 bits per heavy atom. The molecule has 2 aromatic heterocycles. The number of ether oxygens (including phenoxy) is 3. The van der Waals surface area contributed by atoms with E-state index in [1.807, 2.05) is 55.5 Å². The van der Waals surface area contributed by atoms with Crippen molar-refractivity contribution in [2.75, 3.05) is 20.8 Å². The second-order valence-corrected chi connectivity index (χ2v) is 7.68. The summed E-state index contributed by atoms with van der Waals surface area (Å²) in [4.78, 5) is 18.0. The van der Waals surface area contributed by atoms with Gasteiger partial charge < -0.3 is 18.7 Å². The molecule has 176 valence electrons. The molecule has 0 atom stereocenters. The number of pyridine rings is 1. The smallest absolute Gasteiger partial charge is 0.262 e. The van der Waals surface area contributed by atoms with Crippen molar-refractivity contribution in [3.63, 3.8) is 0 Å². The number of hydrogen-bond donors (Lipinski definition) is 0. The van der Waals surface area contributed by atoms with Crippen LogP contribution in [0.25, 0.3) is 39.3 Å². The zero-order valence-corrected chi connectivity index (χ0v) is 19.5. The largest absolute Gasteiger partial charge is 0.497 e. The first kappa shape index (κ1) is 22.2. The number of benzene rings is 3. The zero-order valence-electron chi connectivity index (χ0n) is 19.5. The number of aromatic nitrogens is 3. The van der Waals surface area contributed by atoms with Crippen molar-refractivity contribution < 1.29 is 18.7 Å². The van der Waals surface area contributed by atoms with Crippen molar-refractivity contribution in [2.24, 2.45) is 0 Å². The van der Waals surface area contributed by atoms with Gasteiger partial charge in [-0.25, -0.2) is 0 Å². The molecule has 5 rings (SSSR count). The van der Waals surface area contributed by atoms with Gasteiger partial charge in [-0.15, -0.1) is 0 Å². The van der Waals surface area contributed by atoms with Gasteiger partial charge in [-0.1, -0.05) is 23.4 Å². The predicted molar refractivity (Wildman–Crippen MR) is 133 cm³/mol. The van der Waals surface area contributed by atoms with Crippen molar-refractivity contribution in [3.05, 3.63) is 83.3 Å². The third kappa shape index (κ3) is 4.10. The molecule has 35 heavy (non-hydrogen) atoms. The van der Waals surface area contributed by atoms with Crippen LogP contribution in [0.2, 0.25) is 0 Å². The van der Waals surface area contributed by atoms with E-state index in [4.69, 9.17) is 18.7 Å². The minimum atomic E-state index is -0.148. The molecule has 0 aliphatic carbocycles. The summed E-state index contributed by atoms with van der Waals surface area (Å²) in [6.07, 6.45) is 1.73. The Hall–Kier alpha value is -4.59. The summed E-state index contributed by atoms with van der Waals surface area (Å²) in [5.41, 5.74) is 1.85. The van der Waals surface area contributed by atoms with Gasteiger partial charge in [0.2, 0.25) is 5.82 Å². The summed E-state index contributed by atoms with van der Waals surface area (Å²) in [5, 5.41) is 5.44. The Labute approximate surface area is 201 Å². The molecule has 5 aromatic rings. The van der Waals surface area contributed by atoms with Crippen LogP contribution in [0.4, 0.5) is 0 Å². The summed E-state index contributed by atoms with van der Waals surface area (Å²) < 4.78 is 23.5. The Morgan fingerprint density at radius 1 is 0.886 bits per heavy atom. The normalized spacial score (nSPS) is 10.9. The predicted octanol–water partition coefficient (Wildman–Crippen LogP) is 5.12. The maximum Gasteiger partial charge on any atom is 0.262 e. The van der Waals surface area contributed by atoms with Crippen molar-refractivity contribution >= 4 is 10.8 Å². The van der Waals surface area contributed by atoms with Crippen LogP contribution in [-0.2, 0) is 0 Å². The topological polar surface area (TPSA) is 88.6 Å². The van der Waals surface area contributed by atoms with Crippen LogP contribution in [0.15, 0.2) is 82.2 Å². The lowest BCUT2D eigenvalue weighted by molar-refractivity contribution is 0.340. The van der Waals surface area contributed by atoms with E-state index in [1.54, 1.807) is 43.2 Å². The van der Waals surface area contributed by atoms with Crippen LogP contribution >= 0.6 is 0 Å². The molecule has 0 unspecified atom stereocenters. The van der Waals surface area contributed by atoms with Crippen molar-refractivity contribution in [2.45, 2.75) is 6.92 Å². The third-order valence-electron chi connectivity index (χ3n) is 5.66. The highest BCUT2D eigenvalue weighted by atomic mass is 16.5. The first-order chi connectivity index (χ1) is 17.1. The molecule has 0 spiro atoms. The first-order valence-corrected chi connectivity index (χ1v) is 11.1. The van der Waals surface area contributed by atoms with Gasteiger partial charge in [-0.05, 0) is 49.4 Å². The fourth-order valence-electron chi connectivity index (χ4n) is 3.95. The molecule has 8 nitrogen and oxygen atoms in total. The third-order valence-corrected chi connectivity index (χ3v) is 5.66. The number of hydrogen-bond acceptors (Lipinski definition) is 7. The molecule has 0 fully saturated rings. The SMILES string of the molecule is CCOc1ccc(-n2cc(-c3nc(-c4ccc(OC)cc4OC)no3)c3ccccc3c2=O)cc1. The van der Waals surface area contributed by atoms with E-state index in [2.05, 4.69) is 10.1 Å². The molecule has 0 amide bonds. The lowest BCUT2D eigenvalue weighted by Crippen LogP contribution is -2.18. The van der Waals surface area contributed by atoms with E-state index in [0.717, 1.165) is 11.1 Å². The second kappa shape index (κ2) is 9.34. The average Bonchev–Trinajstić information content (AvgIpc) is 3.39. The minimum absolute atomic E-state index is 0.148. The molecule has 8 heteroatoms. The fraction of sp³-hybridized carbons (Fsp3) is 0.148. The van der Waals surface area contributed by atoms with Gasteiger partial charge in [0.05, 0.1) is 32.0 Å². The summed E-state index contributed by atoms with van der Waals surface area (Å²) in [5.74, 6) is 2.60. The lowest BCUT2D eigenvalue weighted by atomic mass is 10.1. The fourth-order valence-corrected chi connectivity index (χ4v) is 3.95. The van der Waals surface area contributed by atoms with Gasteiger partial charge in [-0.3, -0.25) is 9.36 Å². The molecule has 0 radical (unpaired) electrons. The second-order valence-electron chi connectivity index (χ2n) is 7.68. The van der Waals surface area contributed by atoms with E-state index in [-0.39, 0.29) is 11.4 Å². The van der Waals surface area contributed by atoms with E-state index >= 15 is 0 Å². The van der Waals surface area contributed by atoms with Crippen molar-refractivity contribution in [1.82, 2.24) is 14.7 Å². The number of rotatable bonds is 7. The summed E-state index contributed by atoms with van der Waals surface area (Å²) in [6.45, 7) is 2.49. The van der Waals surface area contributed by atoms with Crippen molar-refractivity contribution in [1.29, 1.82) is 0 Å². The highest BCUT2D eigenvalue weighted by Crippen LogP contribution is 2.34. The van der Waals surface area contributed by atoms with Gasteiger partial charge in [0.25, 0.3) is 11.4 Å². The molecular weight excluding hydrogens is 446 g/mol. The van der Waals surface area contributed by atoms with Gasteiger partial charge in [0, 0.05) is 28.7 Å². The van der Waals surface area contributed by atoms with Crippen LogP contribution in [-0.4, -0.2) is 35.5 Å². The Kier molecular flexibility index (Phi) is 5.93. The Balaban J connectivity index is 1.65. The zero-order chi connectivity index (χ0) is 24.4. The lowest BCUT2D eigenvalue weighted by Gasteiger charge is -2.11. The monoisotopic (exact) mass is 469 g/mol. The van der Waals surface area contributed by atoms with Crippen LogP contribution in [0.3, 0.4) is 0 Å². The molecule has 3 aromatic carbocycles. The number of methoxy groups -OCH3 is 2. The molecule has 0 N–H and O–H groups in total. The van der Waals surface area contributed by atoms with Crippen molar-refractivity contribution in [3.8, 4) is 45.8 Å². The summed E-state index contributed by atoms with van der Waals surface area (Å²) in [6, 6.07) is 20.1. The maximum atomic E-state index is 13.3. The molecule has 0 saturated heterocycles. The summed E-state index contributed by atoms with van der Waals surface area (Å²) in [7, 11) is 3.16. The van der Waals surface area contributed by atoms with Crippen LogP contribution in [0.5, 0.6) is 17.2 Å². The van der Waals surface area contributed by atoms with E-state index < -0.39 is 0 Å². The van der Waals surface area contributed by atoms with Crippen LogP contribution in [0.1, 0.15) is 6.92 Å². The van der Waals surface area contributed by atoms with Crippen LogP contribution in [0, 0.1) is 0 Å². The number of fused-ring (bicyclic) bond motifs is 1. The van der Waals surface area contributed by atoms with E-state index in [1.165, 1.54) is 0 Å². The molecule has 0 aliphatic heterocycles. The quantitative estimate of drug-likeness (QED) is 0.327. The molecule has 2 heterocycles. The minimum Gasteiger partial charge on any atom is -0.497 e. The van der Waals surface area contributed by atoms with E-state index in [9.17, 15) is 4.79 Å². The van der Waals surface area contributed by atoms with Gasteiger partial charge in [-0.2, -0.15) is 4.98 Å². The Bertz CT molecular complexity index is 1550. The first-order valence-electron chi connectivity index (χ1n) is 11.1. The highest BCUT2D eigenvalue weighted by molar-refractivity contribution is 5.94. The molecule has 0 aliphatic rings. The summed E-state index contributed by atoms with van der Waals surface area (Å²) >= 11 is 0. The maximum absolute atomic E-state index is 13.3. The van der Waals surface area contributed by atoms with Crippen LogP contribution < -0.4 is 19.8 Å². The molecular formula is C27H23N3O5. The standard InChI is InChI=1S/C27H23N3O5/c1-4-34-18-11-9-17(10-12-18)30-16-23(20-7-5-6-8-21(20)27(30)31)26-28-25(29-35-26)22-14-13-19(32-2)15-24(22)33-3/h5-16H,4H2,1-3H3. The Morgan fingerprint density at radius 2 is 1.63 bits per heavy atom. The van der Waals surface area contributed by atoms with E-state index in [0.29, 0.717) is 46.1 Å². The van der Waals surface area contributed by atoms with Gasteiger partial charge in [0.1, 0.15) is 17.2 Å². The van der Waals surface area contributed by atoms with Gasteiger partial charge in [0.15, 0.2) is 0 Å². The number of nitrogens with zero attached hydrogens (tertiary/aromatic N) is 3. The highest BCUT2D eigenvalue weighted by Gasteiger charge is 2.19. The van der Waals surface area contributed by atoms with Gasteiger partial charge >= 0.3 is 0 Å². The molecule has 0 saturated carbocycles.